The lowest BCUT2D eigenvalue weighted by Crippen LogP contribution is -2.32. The van der Waals surface area contributed by atoms with Crippen molar-refractivity contribution in [2.75, 3.05) is 0 Å². The molecule has 1 fully saturated rings. The zero-order valence-electron chi connectivity index (χ0n) is 9.24. The van der Waals surface area contributed by atoms with Crippen LogP contribution in [-0.2, 0) is 10.0 Å². The fraction of sp³-hybridized carbons (Fsp3) is 0.600. The second kappa shape index (κ2) is 5.05. The first-order valence-electron chi connectivity index (χ1n) is 5.35. The van der Waals surface area contributed by atoms with Crippen LogP contribution in [0.25, 0.3) is 0 Å². The van der Waals surface area contributed by atoms with Crippen molar-refractivity contribution in [2.24, 2.45) is 5.92 Å². The molecule has 0 radical (unpaired) electrons. The highest BCUT2D eigenvalue weighted by Gasteiger charge is 2.28. The highest BCUT2D eigenvalue weighted by Crippen LogP contribution is 2.35. The maximum Gasteiger partial charge on any atom is 0.243 e. The van der Waals surface area contributed by atoms with Gasteiger partial charge in [-0.05, 0) is 31.2 Å². The molecule has 3 nitrogen and oxygen atoms in total. The fourth-order valence-electron chi connectivity index (χ4n) is 2.11. The van der Waals surface area contributed by atoms with Crippen LogP contribution in [0.4, 0.5) is 0 Å². The summed E-state index contributed by atoms with van der Waals surface area (Å²) in [6.45, 7) is 2.13. The summed E-state index contributed by atoms with van der Waals surface area (Å²) in [6.07, 6.45) is 2.83. The monoisotopic (exact) mass is 313 g/mol. The lowest BCUT2D eigenvalue weighted by Gasteiger charge is -2.12. The molecule has 1 saturated carbocycles. The number of rotatable bonds is 3. The molecular formula is C10H13Cl2NO2S2. The van der Waals surface area contributed by atoms with E-state index in [-0.39, 0.29) is 15.3 Å². The topological polar surface area (TPSA) is 46.2 Å². The van der Waals surface area contributed by atoms with Crippen molar-refractivity contribution in [2.45, 2.75) is 37.1 Å². The quantitative estimate of drug-likeness (QED) is 0.928. The largest absolute Gasteiger partial charge is 0.243 e. The van der Waals surface area contributed by atoms with Crippen LogP contribution in [0.2, 0.25) is 8.67 Å². The summed E-state index contributed by atoms with van der Waals surface area (Å²) < 4.78 is 27.5. The van der Waals surface area contributed by atoms with Crippen LogP contribution in [0, 0.1) is 5.92 Å². The number of nitrogens with one attached hydrogen (secondary N) is 1. The van der Waals surface area contributed by atoms with Crippen LogP contribution in [0.5, 0.6) is 0 Å². The molecule has 1 heterocycles. The van der Waals surface area contributed by atoms with E-state index in [9.17, 15) is 8.42 Å². The van der Waals surface area contributed by atoms with Gasteiger partial charge in [0.1, 0.15) is 9.23 Å². The third-order valence-corrected chi connectivity index (χ3v) is 6.21. The Hall–Kier alpha value is 0.190. The molecule has 0 aromatic carbocycles. The van der Waals surface area contributed by atoms with Crippen LogP contribution in [0.3, 0.4) is 0 Å². The Bertz CT molecular complexity index is 512. The molecule has 1 aliphatic carbocycles. The molecule has 1 aromatic rings. The van der Waals surface area contributed by atoms with Gasteiger partial charge in [0.2, 0.25) is 10.0 Å². The van der Waals surface area contributed by atoms with Gasteiger partial charge in [-0.3, -0.25) is 0 Å². The molecule has 2 atom stereocenters. The lowest BCUT2D eigenvalue weighted by molar-refractivity contribution is 0.538. The second-order valence-electron chi connectivity index (χ2n) is 4.42. The van der Waals surface area contributed by atoms with Gasteiger partial charge in [0.25, 0.3) is 0 Å². The highest BCUT2D eigenvalue weighted by molar-refractivity contribution is 7.89. The van der Waals surface area contributed by atoms with E-state index in [4.69, 9.17) is 23.2 Å². The Balaban J connectivity index is 2.17. The first-order valence-corrected chi connectivity index (χ1v) is 8.41. The van der Waals surface area contributed by atoms with Crippen LogP contribution < -0.4 is 4.72 Å². The summed E-state index contributed by atoms with van der Waals surface area (Å²) in [6, 6.07) is 1.42. The summed E-state index contributed by atoms with van der Waals surface area (Å²) in [7, 11) is -3.53. The van der Waals surface area contributed by atoms with Crippen molar-refractivity contribution in [1.82, 2.24) is 4.72 Å². The van der Waals surface area contributed by atoms with E-state index in [2.05, 4.69) is 11.6 Å². The number of hydrogen-bond acceptors (Lipinski definition) is 3. The molecule has 0 bridgehead atoms. The number of thiophene rings is 1. The van der Waals surface area contributed by atoms with E-state index in [0.717, 1.165) is 30.6 Å². The maximum absolute atomic E-state index is 12.1. The van der Waals surface area contributed by atoms with E-state index in [0.29, 0.717) is 10.3 Å². The molecule has 1 aliphatic rings. The minimum atomic E-state index is -3.53. The summed E-state index contributed by atoms with van der Waals surface area (Å²) in [5.41, 5.74) is 0. The maximum atomic E-state index is 12.1. The SMILES string of the molecule is CC1CCC(NS(=O)(=O)c2cc(Cl)sc2Cl)C1. The third kappa shape index (κ3) is 3.15. The number of halogens is 2. The molecule has 1 N–H and O–H groups in total. The molecule has 2 rings (SSSR count). The van der Waals surface area contributed by atoms with Crippen LogP contribution in [0.1, 0.15) is 26.2 Å². The molecule has 2 unspecified atom stereocenters. The van der Waals surface area contributed by atoms with E-state index in [1.807, 2.05) is 0 Å². The van der Waals surface area contributed by atoms with Gasteiger partial charge in [-0.1, -0.05) is 30.1 Å². The molecule has 96 valence electrons. The Morgan fingerprint density at radius 2 is 2.12 bits per heavy atom. The lowest BCUT2D eigenvalue weighted by atomic mass is 10.1. The van der Waals surface area contributed by atoms with E-state index < -0.39 is 10.0 Å². The van der Waals surface area contributed by atoms with Crippen LogP contribution >= 0.6 is 34.5 Å². The first-order chi connectivity index (χ1) is 7.88. The molecule has 0 amide bonds. The van der Waals surface area contributed by atoms with Gasteiger partial charge < -0.3 is 0 Å². The van der Waals surface area contributed by atoms with Crippen LogP contribution in [-0.4, -0.2) is 14.5 Å². The summed E-state index contributed by atoms with van der Waals surface area (Å²) >= 11 is 12.7. The van der Waals surface area contributed by atoms with Gasteiger partial charge in [-0.15, -0.1) is 11.3 Å². The van der Waals surface area contributed by atoms with Crippen molar-refractivity contribution in [3.8, 4) is 0 Å². The van der Waals surface area contributed by atoms with Crippen molar-refractivity contribution < 1.29 is 8.42 Å². The van der Waals surface area contributed by atoms with Gasteiger partial charge in [0, 0.05) is 6.04 Å². The Labute approximate surface area is 115 Å². The van der Waals surface area contributed by atoms with Crippen LogP contribution in [0.15, 0.2) is 11.0 Å². The zero-order valence-corrected chi connectivity index (χ0v) is 12.4. The van der Waals surface area contributed by atoms with E-state index in [1.165, 1.54) is 6.07 Å². The van der Waals surface area contributed by atoms with Crippen molar-refractivity contribution in [3.05, 3.63) is 14.7 Å². The fourth-order valence-corrected chi connectivity index (χ4v) is 5.54. The average Bonchev–Trinajstić information content (AvgIpc) is 2.72. The minimum absolute atomic E-state index is 0.0183. The normalized spacial score (nSPS) is 25.4. The van der Waals surface area contributed by atoms with Gasteiger partial charge >= 0.3 is 0 Å². The number of hydrogen-bond donors (Lipinski definition) is 1. The van der Waals surface area contributed by atoms with Crippen molar-refractivity contribution >= 4 is 44.6 Å². The van der Waals surface area contributed by atoms with E-state index in [1.54, 1.807) is 0 Å². The summed E-state index contributed by atoms with van der Waals surface area (Å²) in [5, 5.41) is 0. The Kier molecular flexibility index (Phi) is 4.05. The van der Waals surface area contributed by atoms with Gasteiger partial charge in [0.15, 0.2) is 0 Å². The molecule has 0 saturated heterocycles. The molecular weight excluding hydrogens is 301 g/mol. The van der Waals surface area contributed by atoms with Crippen molar-refractivity contribution in [3.63, 3.8) is 0 Å². The second-order valence-corrected chi connectivity index (χ2v) is 8.39. The Morgan fingerprint density at radius 1 is 1.41 bits per heavy atom. The summed E-state index contributed by atoms with van der Waals surface area (Å²) in [4.78, 5) is 0.0914. The summed E-state index contributed by atoms with van der Waals surface area (Å²) in [5.74, 6) is 0.573. The van der Waals surface area contributed by atoms with Gasteiger partial charge in [-0.25, -0.2) is 13.1 Å². The predicted molar refractivity (Wildman–Crippen MR) is 71.5 cm³/mol. The van der Waals surface area contributed by atoms with Crippen molar-refractivity contribution in [1.29, 1.82) is 0 Å². The third-order valence-electron chi connectivity index (χ3n) is 2.93. The molecule has 0 spiro atoms. The first kappa shape index (κ1) is 13.6. The molecule has 1 aromatic heterocycles. The molecule has 0 aliphatic heterocycles. The Morgan fingerprint density at radius 3 is 2.59 bits per heavy atom. The molecule has 17 heavy (non-hydrogen) atoms. The average molecular weight is 314 g/mol. The highest BCUT2D eigenvalue weighted by atomic mass is 35.5. The van der Waals surface area contributed by atoms with Gasteiger partial charge in [0.05, 0.1) is 4.34 Å². The zero-order chi connectivity index (χ0) is 12.6. The predicted octanol–water partition coefficient (Wildman–Crippen LogP) is 3.52. The minimum Gasteiger partial charge on any atom is -0.208 e. The standard InChI is InChI=1S/C10H13Cl2NO2S2/c1-6-2-3-7(4-6)13-17(14,15)8-5-9(11)16-10(8)12/h5-7,13H,2-4H2,1H3. The van der Waals surface area contributed by atoms with E-state index >= 15 is 0 Å². The van der Waals surface area contributed by atoms with Gasteiger partial charge in [-0.2, -0.15) is 0 Å². The number of sulfonamides is 1. The smallest absolute Gasteiger partial charge is 0.208 e. The molecule has 7 heteroatoms.